The number of hydrogen-bond acceptors (Lipinski definition) is 4. The van der Waals surface area contributed by atoms with Gasteiger partial charge in [-0.25, -0.2) is 0 Å². The first-order valence-electron chi connectivity index (χ1n) is 7.25. The predicted octanol–water partition coefficient (Wildman–Crippen LogP) is 1.81. The predicted molar refractivity (Wildman–Crippen MR) is 87.7 cm³/mol. The molecule has 0 bridgehead atoms. The molecule has 0 saturated carbocycles. The maximum atomic E-state index is 12.3. The number of carbonyl (C=O) groups excluding carboxylic acids is 2. The average Bonchev–Trinajstić information content (AvgIpc) is 2.90. The van der Waals surface area contributed by atoms with Gasteiger partial charge >= 0.3 is 0 Å². The topological polar surface area (TPSA) is 104 Å². The Morgan fingerprint density at radius 2 is 1.67 bits per heavy atom. The molecule has 3 N–H and O–H groups in total. The van der Waals surface area contributed by atoms with Crippen LogP contribution in [0.25, 0.3) is 10.9 Å². The Kier molecular flexibility index (Phi) is 3.91. The molecule has 122 valence electrons. The Balaban J connectivity index is 1.82. The Hall–Kier alpha value is -3.35. The molecular weight excluding hydrogens is 310 g/mol. The number of aromatic nitrogens is 1. The first-order chi connectivity index (χ1) is 11.5. The molecular formula is C17H15N3O4. The van der Waals surface area contributed by atoms with Gasteiger partial charge < -0.3 is 9.40 Å². The van der Waals surface area contributed by atoms with E-state index in [1.165, 1.54) is 6.07 Å². The number of furan rings is 1. The van der Waals surface area contributed by atoms with Gasteiger partial charge in [0.25, 0.3) is 11.8 Å². The minimum absolute atomic E-state index is 0.176. The number of pyridine rings is 1. The number of aromatic amines is 1. The van der Waals surface area contributed by atoms with E-state index in [0.29, 0.717) is 28.0 Å². The zero-order valence-electron chi connectivity index (χ0n) is 13.1. The minimum atomic E-state index is -0.580. The highest BCUT2D eigenvalue weighted by Crippen LogP contribution is 2.15. The molecule has 0 unspecified atom stereocenters. The van der Waals surface area contributed by atoms with Crippen LogP contribution in [-0.2, 0) is 0 Å². The van der Waals surface area contributed by atoms with Gasteiger partial charge in [0.15, 0.2) is 0 Å². The number of hydrazine groups is 1. The van der Waals surface area contributed by atoms with Crippen LogP contribution in [0.1, 0.15) is 32.2 Å². The Morgan fingerprint density at radius 3 is 2.33 bits per heavy atom. The molecule has 1 aromatic carbocycles. The zero-order chi connectivity index (χ0) is 17.3. The van der Waals surface area contributed by atoms with Crippen molar-refractivity contribution in [3.63, 3.8) is 0 Å². The maximum absolute atomic E-state index is 12.3. The van der Waals surface area contributed by atoms with E-state index in [4.69, 9.17) is 4.42 Å². The molecule has 2 heterocycles. The number of para-hydroxylation sites is 1. The number of hydrogen-bond donors (Lipinski definition) is 3. The number of H-pyrrole nitrogens is 1. The van der Waals surface area contributed by atoms with Crippen molar-refractivity contribution in [2.75, 3.05) is 0 Å². The van der Waals surface area contributed by atoms with Crippen molar-refractivity contribution in [3.8, 4) is 0 Å². The first-order valence-corrected chi connectivity index (χ1v) is 7.25. The molecule has 0 aliphatic rings. The summed E-state index contributed by atoms with van der Waals surface area (Å²) in [5.74, 6) is -0.0132. The van der Waals surface area contributed by atoms with E-state index in [0.717, 1.165) is 0 Å². The van der Waals surface area contributed by atoms with Gasteiger partial charge in [0, 0.05) is 17.0 Å². The highest BCUT2D eigenvalue weighted by molar-refractivity contribution is 6.07. The number of nitrogens with one attached hydrogen (secondary N) is 3. The van der Waals surface area contributed by atoms with E-state index in [1.54, 1.807) is 44.2 Å². The highest BCUT2D eigenvalue weighted by atomic mass is 16.3. The summed E-state index contributed by atoms with van der Waals surface area (Å²) in [5, 5.41) is 0.583. The first kappa shape index (κ1) is 15.5. The third kappa shape index (κ3) is 2.91. The second-order valence-electron chi connectivity index (χ2n) is 5.33. The highest BCUT2D eigenvalue weighted by Gasteiger charge is 2.16. The van der Waals surface area contributed by atoms with Crippen molar-refractivity contribution < 1.29 is 14.0 Å². The van der Waals surface area contributed by atoms with Crippen molar-refractivity contribution in [2.45, 2.75) is 13.8 Å². The third-order valence-electron chi connectivity index (χ3n) is 3.57. The number of amides is 2. The largest absolute Gasteiger partial charge is 0.466 e. The van der Waals surface area contributed by atoms with Crippen LogP contribution in [-0.4, -0.2) is 16.8 Å². The number of benzene rings is 1. The summed E-state index contributed by atoms with van der Waals surface area (Å²) in [4.78, 5) is 38.8. The van der Waals surface area contributed by atoms with Gasteiger partial charge in [-0.1, -0.05) is 18.2 Å². The second kappa shape index (κ2) is 6.04. The lowest BCUT2D eigenvalue weighted by molar-refractivity contribution is 0.0846. The molecule has 0 fully saturated rings. The Morgan fingerprint density at radius 1 is 1.00 bits per heavy atom. The van der Waals surface area contributed by atoms with Gasteiger partial charge in [0.05, 0.1) is 11.1 Å². The maximum Gasteiger partial charge on any atom is 0.273 e. The SMILES string of the molecule is Cc1cc(C(=O)NNC(=O)c2cc(=O)[nH]c3ccccc23)c(C)o1. The fourth-order valence-electron chi connectivity index (χ4n) is 2.50. The van der Waals surface area contributed by atoms with Crippen LogP contribution in [0.3, 0.4) is 0 Å². The molecule has 0 saturated heterocycles. The van der Waals surface area contributed by atoms with Gasteiger partial charge in [-0.3, -0.25) is 25.2 Å². The lowest BCUT2D eigenvalue weighted by Gasteiger charge is -2.08. The van der Waals surface area contributed by atoms with E-state index in [9.17, 15) is 14.4 Å². The van der Waals surface area contributed by atoms with Gasteiger partial charge in [-0.2, -0.15) is 0 Å². The molecule has 3 aromatic rings. The van der Waals surface area contributed by atoms with Crippen molar-refractivity contribution in [2.24, 2.45) is 0 Å². The van der Waals surface area contributed by atoms with Gasteiger partial charge in [0.1, 0.15) is 11.5 Å². The molecule has 7 heteroatoms. The van der Waals surface area contributed by atoms with Gasteiger partial charge in [-0.15, -0.1) is 0 Å². The molecule has 2 amide bonds. The molecule has 0 aliphatic heterocycles. The Labute approximate surface area is 136 Å². The monoisotopic (exact) mass is 325 g/mol. The summed E-state index contributed by atoms with van der Waals surface area (Å²) in [6, 6.07) is 9.70. The van der Waals surface area contributed by atoms with Crippen LogP contribution in [0.15, 0.2) is 45.6 Å². The van der Waals surface area contributed by atoms with Crippen molar-refractivity contribution in [1.82, 2.24) is 15.8 Å². The molecule has 0 spiro atoms. The molecule has 2 aromatic heterocycles. The van der Waals surface area contributed by atoms with Crippen LogP contribution in [0.4, 0.5) is 0 Å². The average molecular weight is 325 g/mol. The van der Waals surface area contributed by atoms with Crippen LogP contribution >= 0.6 is 0 Å². The number of fused-ring (bicyclic) bond motifs is 1. The zero-order valence-corrected chi connectivity index (χ0v) is 13.1. The number of carbonyl (C=O) groups is 2. The van der Waals surface area contributed by atoms with Gasteiger partial charge in [0.2, 0.25) is 5.56 Å². The second-order valence-corrected chi connectivity index (χ2v) is 5.33. The molecule has 0 aliphatic carbocycles. The van der Waals surface area contributed by atoms with E-state index >= 15 is 0 Å². The standard InChI is InChI=1S/C17H15N3O4/c1-9-7-12(10(2)24-9)16(22)19-20-17(23)13-8-15(21)18-14-6-4-3-5-11(13)14/h3-8H,1-2H3,(H,18,21)(H,19,22)(H,20,23). The fourth-order valence-corrected chi connectivity index (χ4v) is 2.50. The number of aryl methyl sites for hydroxylation is 2. The van der Waals surface area contributed by atoms with E-state index in [-0.39, 0.29) is 5.56 Å². The van der Waals surface area contributed by atoms with Crippen molar-refractivity contribution in [3.05, 3.63) is 69.4 Å². The summed E-state index contributed by atoms with van der Waals surface area (Å²) in [7, 11) is 0. The Bertz CT molecular complexity index is 1000. The lowest BCUT2D eigenvalue weighted by atomic mass is 10.1. The third-order valence-corrected chi connectivity index (χ3v) is 3.57. The molecule has 24 heavy (non-hydrogen) atoms. The summed E-state index contributed by atoms with van der Waals surface area (Å²) in [5.41, 5.74) is 5.30. The van der Waals surface area contributed by atoms with Crippen LogP contribution in [0.5, 0.6) is 0 Å². The van der Waals surface area contributed by atoms with Crippen LogP contribution < -0.4 is 16.4 Å². The van der Waals surface area contributed by atoms with E-state index in [1.807, 2.05) is 0 Å². The molecule has 0 radical (unpaired) electrons. The minimum Gasteiger partial charge on any atom is -0.466 e. The summed E-state index contributed by atoms with van der Waals surface area (Å²) in [6.07, 6.45) is 0. The molecule has 7 nitrogen and oxygen atoms in total. The van der Waals surface area contributed by atoms with Crippen LogP contribution in [0.2, 0.25) is 0 Å². The summed E-state index contributed by atoms with van der Waals surface area (Å²) in [6.45, 7) is 3.39. The number of rotatable bonds is 2. The lowest BCUT2D eigenvalue weighted by Crippen LogP contribution is -2.42. The van der Waals surface area contributed by atoms with Crippen molar-refractivity contribution in [1.29, 1.82) is 0 Å². The summed E-state index contributed by atoms with van der Waals surface area (Å²) >= 11 is 0. The van der Waals surface area contributed by atoms with Gasteiger partial charge in [-0.05, 0) is 26.0 Å². The van der Waals surface area contributed by atoms with Crippen molar-refractivity contribution >= 4 is 22.7 Å². The fraction of sp³-hybridized carbons (Fsp3) is 0.118. The molecule has 0 atom stereocenters. The summed E-state index contributed by atoms with van der Waals surface area (Å²) < 4.78 is 5.28. The van der Waals surface area contributed by atoms with Crippen LogP contribution in [0, 0.1) is 13.8 Å². The normalized spacial score (nSPS) is 10.6. The molecule has 3 rings (SSSR count). The van der Waals surface area contributed by atoms with E-state index in [2.05, 4.69) is 15.8 Å². The quantitative estimate of drug-likeness (QED) is 0.625. The smallest absolute Gasteiger partial charge is 0.273 e. The van der Waals surface area contributed by atoms with E-state index < -0.39 is 17.4 Å².